The molecular weight excluding hydrogens is 226 g/mol. The molecule has 2 rings (SSSR count). The molecule has 0 aliphatic rings. The number of nitrogens with zero attached hydrogens (tertiary/aromatic N) is 3. The molecule has 18 heavy (non-hydrogen) atoms. The number of rotatable bonds is 2. The van der Waals surface area contributed by atoms with Gasteiger partial charge in [0, 0.05) is 12.4 Å². The maximum absolute atomic E-state index is 9.91. The summed E-state index contributed by atoms with van der Waals surface area (Å²) in [6, 6.07) is 3.79. The van der Waals surface area contributed by atoms with Gasteiger partial charge in [0.2, 0.25) is 0 Å². The summed E-state index contributed by atoms with van der Waals surface area (Å²) in [6.45, 7) is 7.40. The maximum Gasteiger partial charge on any atom is 0.160 e. The van der Waals surface area contributed by atoms with Crippen LogP contribution in [0.15, 0.2) is 24.5 Å². The summed E-state index contributed by atoms with van der Waals surface area (Å²) < 4.78 is 0. The van der Waals surface area contributed by atoms with E-state index < -0.39 is 5.60 Å². The maximum atomic E-state index is 9.91. The molecule has 4 heteroatoms. The van der Waals surface area contributed by atoms with Crippen LogP contribution < -0.4 is 0 Å². The Bertz CT molecular complexity index is 573. The molecule has 4 nitrogen and oxygen atoms in total. The van der Waals surface area contributed by atoms with E-state index in [0.717, 1.165) is 17.0 Å². The smallest absolute Gasteiger partial charge is 0.160 e. The minimum atomic E-state index is -1.05. The van der Waals surface area contributed by atoms with Gasteiger partial charge in [0.05, 0.1) is 11.4 Å². The lowest BCUT2D eigenvalue weighted by Crippen LogP contribution is -2.19. The number of pyridine rings is 1. The van der Waals surface area contributed by atoms with Crippen LogP contribution in [0, 0.1) is 13.8 Å². The van der Waals surface area contributed by atoms with Gasteiger partial charge in [0.15, 0.2) is 5.82 Å². The standard InChI is InChI=1S/C14H17N3O/c1-9-7-12(16-8-10(9)2)11-5-6-15-13(17-11)14(3,4)18/h5-8,18H,1-4H3. The van der Waals surface area contributed by atoms with Crippen molar-refractivity contribution in [2.24, 2.45) is 0 Å². The molecular formula is C14H17N3O. The molecule has 0 saturated heterocycles. The van der Waals surface area contributed by atoms with E-state index in [9.17, 15) is 5.11 Å². The number of aromatic nitrogens is 3. The van der Waals surface area contributed by atoms with Crippen LogP contribution in [0.25, 0.3) is 11.4 Å². The van der Waals surface area contributed by atoms with Crippen molar-refractivity contribution in [1.29, 1.82) is 0 Å². The Hall–Kier alpha value is -1.81. The van der Waals surface area contributed by atoms with Crippen LogP contribution in [0.2, 0.25) is 0 Å². The fourth-order valence-corrected chi connectivity index (χ4v) is 1.56. The highest BCUT2D eigenvalue weighted by Crippen LogP contribution is 2.20. The van der Waals surface area contributed by atoms with Crippen molar-refractivity contribution in [3.05, 3.63) is 41.5 Å². The predicted molar refractivity (Wildman–Crippen MR) is 70.0 cm³/mol. The molecule has 2 aromatic heterocycles. The zero-order valence-electron chi connectivity index (χ0n) is 11.1. The molecule has 0 atom stereocenters. The summed E-state index contributed by atoms with van der Waals surface area (Å²) >= 11 is 0. The minimum Gasteiger partial charge on any atom is -0.382 e. The van der Waals surface area contributed by atoms with E-state index in [1.165, 1.54) is 5.56 Å². The number of hydrogen-bond donors (Lipinski definition) is 1. The van der Waals surface area contributed by atoms with Crippen molar-refractivity contribution in [2.45, 2.75) is 33.3 Å². The average molecular weight is 243 g/mol. The van der Waals surface area contributed by atoms with Crippen LogP contribution in [0.3, 0.4) is 0 Å². The molecule has 0 radical (unpaired) electrons. The zero-order valence-corrected chi connectivity index (χ0v) is 11.1. The van der Waals surface area contributed by atoms with Gasteiger partial charge in [-0.3, -0.25) is 4.98 Å². The van der Waals surface area contributed by atoms with Crippen molar-refractivity contribution in [1.82, 2.24) is 15.0 Å². The monoisotopic (exact) mass is 243 g/mol. The van der Waals surface area contributed by atoms with Crippen LogP contribution in [0.4, 0.5) is 0 Å². The lowest BCUT2D eigenvalue weighted by molar-refractivity contribution is 0.0688. The van der Waals surface area contributed by atoms with Crippen molar-refractivity contribution in [3.8, 4) is 11.4 Å². The van der Waals surface area contributed by atoms with Gasteiger partial charge < -0.3 is 5.11 Å². The Morgan fingerprint density at radius 3 is 2.39 bits per heavy atom. The minimum absolute atomic E-state index is 0.403. The first kappa shape index (κ1) is 12.6. The van der Waals surface area contributed by atoms with E-state index in [0.29, 0.717) is 5.82 Å². The van der Waals surface area contributed by atoms with Gasteiger partial charge in [0.25, 0.3) is 0 Å². The normalized spacial score (nSPS) is 11.6. The molecule has 0 fully saturated rings. The first-order chi connectivity index (χ1) is 8.38. The summed E-state index contributed by atoms with van der Waals surface area (Å²) in [5, 5.41) is 9.91. The largest absolute Gasteiger partial charge is 0.382 e. The molecule has 0 aliphatic carbocycles. The van der Waals surface area contributed by atoms with E-state index in [2.05, 4.69) is 15.0 Å². The van der Waals surface area contributed by atoms with E-state index in [1.807, 2.05) is 26.1 Å². The highest BCUT2D eigenvalue weighted by molar-refractivity contribution is 5.55. The second-order valence-electron chi connectivity index (χ2n) is 4.98. The first-order valence-corrected chi connectivity index (χ1v) is 5.87. The first-order valence-electron chi connectivity index (χ1n) is 5.87. The van der Waals surface area contributed by atoms with Crippen LogP contribution in [0.1, 0.15) is 30.8 Å². The lowest BCUT2D eigenvalue weighted by atomic mass is 10.1. The fraction of sp³-hybridized carbons (Fsp3) is 0.357. The van der Waals surface area contributed by atoms with Crippen molar-refractivity contribution < 1.29 is 5.11 Å². The second-order valence-corrected chi connectivity index (χ2v) is 4.98. The molecule has 0 amide bonds. The Balaban J connectivity index is 2.48. The molecule has 0 aliphatic heterocycles. The third kappa shape index (κ3) is 2.54. The van der Waals surface area contributed by atoms with Gasteiger partial charge in [-0.15, -0.1) is 0 Å². The highest BCUT2D eigenvalue weighted by atomic mass is 16.3. The summed E-state index contributed by atoms with van der Waals surface area (Å²) in [6.07, 6.45) is 3.48. The highest BCUT2D eigenvalue weighted by Gasteiger charge is 2.20. The number of aryl methyl sites for hydroxylation is 2. The number of hydrogen-bond acceptors (Lipinski definition) is 4. The molecule has 1 N–H and O–H groups in total. The molecule has 0 saturated carbocycles. The van der Waals surface area contributed by atoms with E-state index in [4.69, 9.17) is 0 Å². The summed E-state index contributed by atoms with van der Waals surface area (Å²) in [5.74, 6) is 0.403. The predicted octanol–water partition coefficient (Wildman–Crippen LogP) is 2.38. The molecule has 0 bridgehead atoms. The Morgan fingerprint density at radius 2 is 1.78 bits per heavy atom. The van der Waals surface area contributed by atoms with E-state index in [-0.39, 0.29) is 0 Å². The van der Waals surface area contributed by atoms with Crippen LogP contribution in [-0.2, 0) is 5.60 Å². The molecule has 0 spiro atoms. The SMILES string of the molecule is Cc1cnc(-c2ccnc(C(C)(C)O)n2)cc1C. The van der Waals surface area contributed by atoms with Gasteiger partial charge in [-0.2, -0.15) is 0 Å². The van der Waals surface area contributed by atoms with Gasteiger partial charge in [-0.25, -0.2) is 9.97 Å². The van der Waals surface area contributed by atoms with Crippen molar-refractivity contribution >= 4 is 0 Å². The van der Waals surface area contributed by atoms with Gasteiger partial charge >= 0.3 is 0 Å². The molecule has 2 heterocycles. The average Bonchev–Trinajstić information content (AvgIpc) is 2.32. The van der Waals surface area contributed by atoms with E-state index in [1.54, 1.807) is 26.1 Å². The third-order valence-electron chi connectivity index (χ3n) is 2.84. The molecule has 2 aromatic rings. The van der Waals surface area contributed by atoms with Crippen molar-refractivity contribution in [2.75, 3.05) is 0 Å². The Morgan fingerprint density at radius 1 is 1.06 bits per heavy atom. The lowest BCUT2D eigenvalue weighted by Gasteiger charge is -2.15. The second kappa shape index (κ2) is 4.46. The number of aliphatic hydroxyl groups is 1. The van der Waals surface area contributed by atoms with Gasteiger partial charge in [0.1, 0.15) is 5.60 Å². The van der Waals surface area contributed by atoms with E-state index >= 15 is 0 Å². The molecule has 0 unspecified atom stereocenters. The Labute approximate surface area is 107 Å². The summed E-state index contributed by atoms with van der Waals surface area (Å²) in [7, 11) is 0. The van der Waals surface area contributed by atoms with Crippen LogP contribution in [0.5, 0.6) is 0 Å². The summed E-state index contributed by atoms with van der Waals surface area (Å²) in [5.41, 5.74) is 2.80. The quantitative estimate of drug-likeness (QED) is 0.879. The molecule has 0 aromatic carbocycles. The Kier molecular flexibility index (Phi) is 3.13. The van der Waals surface area contributed by atoms with Crippen LogP contribution in [-0.4, -0.2) is 20.1 Å². The third-order valence-corrected chi connectivity index (χ3v) is 2.84. The van der Waals surface area contributed by atoms with Gasteiger partial charge in [-0.05, 0) is 51.0 Å². The summed E-state index contributed by atoms with van der Waals surface area (Å²) in [4.78, 5) is 12.8. The zero-order chi connectivity index (χ0) is 13.3. The topological polar surface area (TPSA) is 58.9 Å². The van der Waals surface area contributed by atoms with Gasteiger partial charge in [-0.1, -0.05) is 0 Å². The van der Waals surface area contributed by atoms with Crippen molar-refractivity contribution in [3.63, 3.8) is 0 Å². The van der Waals surface area contributed by atoms with Crippen LogP contribution >= 0.6 is 0 Å². The fourth-order valence-electron chi connectivity index (χ4n) is 1.56. The molecule has 94 valence electrons.